The minimum absolute atomic E-state index is 0.113. The Kier molecular flexibility index (Phi) is 3.95. The van der Waals surface area contributed by atoms with Crippen LogP contribution >= 0.6 is 0 Å². The zero-order valence-electron chi connectivity index (χ0n) is 12.0. The Labute approximate surface area is 131 Å². The van der Waals surface area contributed by atoms with Gasteiger partial charge in [-0.25, -0.2) is 21.9 Å². The molecule has 5 nitrogen and oxygen atoms in total. The molecule has 3 rings (SSSR count). The lowest BCUT2D eigenvalue weighted by atomic mass is 10.1. The van der Waals surface area contributed by atoms with E-state index in [9.17, 15) is 17.2 Å². The lowest BCUT2D eigenvalue weighted by molar-refractivity contribution is 0.174. The van der Waals surface area contributed by atoms with Crippen LogP contribution in [0.15, 0.2) is 41.3 Å². The van der Waals surface area contributed by atoms with E-state index in [-0.39, 0.29) is 6.79 Å². The molecule has 0 saturated carbocycles. The van der Waals surface area contributed by atoms with E-state index in [2.05, 4.69) is 4.72 Å². The number of halogens is 2. The summed E-state index contributed by atoms with van der Waals surface area (Å²) in [5.74, 6) is -0.816. The number of nitrogens with one attached hydrogen (secondary N) is 1. The predicted molar refractivity (Wildman–Crippen MR) is 77.7 cm³/mol. The fourth-order valence-electron chi connectivity index (χ4n) is 2.23. The SMILES string of the molecule is CC(NS(=O)(=O)c1cc(F)cc(F)c1)c1ccc2c(c1)OCO2. The summed E-state index contributed by atoms with van der Waals surface area (Å²) in [6, 6.07) is 6.52. The van der Waals surface area contributed by atoms with Crippen molar-refractivity contribution in [2.45, 2.75) is 17.9 Å². The van der Waals surface area contributed by atoms with Crippen molar-refractivity contribution < 1.29 is 26.7 Å². The van der Waals surface area contributed by atoms with Crippen molar-refractivity contribution in [1.82, 2.24) is 4.72 Å². The van der Waals surface area contributed by atoms with Crippen LogP contribution in [-0.4, -0.2) is 15.2 Å². The first-order chi connectivity index (χ1) is 10.8. The number of ether oxygens (including phenoxy) is 2. The smallest absolute Gasteiger partial charge is 0.241 e. The Morgan fingerprint density at radius 3 is 2.39 bits per heavy atom. The summed E-state index contributed by atoms with van der Waals surface area (Å²) in [7, 11) is -4.07. The van der Waals surface area contributed by atoms with Crippen molar-refractivity contribution in [2.75, 3.05) is 6.79 Å². The minimum atomic E-state index is -4.07. The maximum Gasteiger partial charge on any atom is 0.241 e. The fraction of sp³-hybridized carbons (Fsp3) is 0.200. The molecule has 8 heteroatoms. The summed E-state index contributed by atoms with van der Waals surface area (Å²) in [6.07, 6.45) is 0. The quantitative estimate of drug-likeness (QED) is 0.929. The highest BCUT2D eigenvalue weighted by atomic mass is 32.2. The minimum Gasteiger partial charge on any atom is -0.454 e. The van der Waals surface area contributed by atoms with Crippen LogP contribution in [0.3, 0.4) is 0 Å². The van der Waals surface area contributed by atoms with Crippen molar-refractivity contribution in [2.24, 2.45) is 0 Å². The van der Waals surface area contributed by atoms with Crippen LogP contribution in [0.2, 0.25) is 0 Å². The molecule has 0 radical (unpaired) electrons. The predicted octanol–water partition coefficient (Wildman–Crippen LogP) is 2.73. The summed E-state index contributed by atoms with van der Waals surface area (Å²) in [5.41, 5.74) is 0.634. The molecule has 0 aliphatic carbocycles. The van der Waals surface area contributed by atoms with Crippen LogP contribution in [-0.2, 0) is 10.0 Å². The largest absolute Gasteiger partial charge is 0.454 e. The molecule has 0 aromatic heterocycles. The van der Waals surface area contributed by atoms with E-state index in [1.54, 1.807) is 25.1 Å². The van der Waals surface area contributed by atoms with Crippen molar-refractivity contribution in [3.05, 3.63) is 53.6 Å². The van der Waals surface area contributed by atoms with Gasteiger partial charge in [-0.05, 0) is 36.8 Å². The van der Waals surface area contributed by atoms with Crippen LogP contribution in [0.1, 0.15) is 18.5 Å². The van der Waals surface area contributed by atoms with E-state index in [0.717, 1.165) is 12.1 Å². The number of sulfonamides is 1. The van der Waals surface area contributed by atoms with Crippen LogP contribution in [0, 0.1) is 11.6 Å². The molecule has 1 unspecified atom stereocenters. The lowest BCUT2D eigenvalue weighted by Crippen LogP contribution is -2.27. The Morgan fingerprint density at radius 2 is 1.70 bits per heavy atom. The van der Waals surface area contributed by atoms with Crippen LogP contribution in [0.25, 0.3) is 0 Å². The first-order valence-electron chi connectivity index (χ1n) is 6.73. The summed E-state index contributed by atoms with van der Waals surface area (Å²) in [4.78, 5) is -0.470. The fourth-order valence-corrected chi connectivity index (χ4v) is 3.51. The molecule has 0 spiro atoms. The van der Waals surface area contributed by atoms with Gasteiger partial charge >= 0.3 is 0 Å². The van der Waals surface area contributed by atoms with Gasteiger partial charge in [0.2, 0.25) is 16.8 Å². The normalized spacial score (nSPS) is 14.7. The van der Waals surface area contributed by atoms with Gasteiger partial charge in [-0.3, -0.25) is 0 Å². The van der Waals surface area contributed by atoms with Gasteiger partial charge in [-0.15, -0.1) is 0 Å². The average molecular weight is 341 g/mol. The number of hydrogen-bond donors (Lipinski definition) is 1. The van der Waals surface area contributed by atoms with Gasteiger partial charge in [0.1, 0.15) is 11.6 Å². The molecule has 2 aromatic carbocycles. The number of fused-ring (bicyclic) bond motifs is 1. The number of benzene rings is 2. The van der Waals surface area contributed by atoms with Crippen molar-refractivity contribution in [1.29, 1.82) is 0 Å². The first kappa shape index (κ1) is 15.7. The van der Waals surface area contributed by atoms with Crippen molar-refractivity contribution in [3.63, 3.8) is 0 Å². The maximum absolute atomic E-state index is 13.2. The molecule has 1 N–H and O–H groups in total. The Hall–Kier alpha value is -2.19. The molecule has 0 amide bonds. The Morgan fingerprint density at radius 1 is 1.04 bits per heavy atom. The molecular formula is C15H13F2NO4S. The monoisotopic (exact) mass is 341 g/mol. The summed E-state index contributed by atoms with van der Waals surface area (Å²) in [6.45, 7) is 1.73. The standard InChI is InChI=1S/C15H13F2NO4S/c1-9(10-2-3-14-15(4-10)22-8-21-14)18-23(19,20)13-6-11(16)5-12(17)7-13/h2-7,9,18H,8H2,1H3. The van der Waals surface area contributed by atoms with E-state index in [4.69, 9.17) is 9.47 Å². The maximum atomic E-state index is 13.2. The van der Waals surface area contributed by atoms with Gasteiger partial charge < -0.3 is 9.47 Å². The molecule has 2 aromatic rings. The molecule has 1 heterocycles. The third-order valence-electron chi connectivity index (χ3n) is 3.37. The number of rotatable bonds is 4. The second-order valence-corrected chi connectivity index (χ2v) is 6.77. The van der Waals surface area contributed by atoms with Crippen LogP contribution < -0.4 is 14.2 Å². The highest BCUT2D eigenvalue weighted by Gasteiger charge is 2.22. The second kappa shape index (κ2) is 5.78. The van der Waals surface area contributed by atoms with Crippen molar-refractivity contribution >= 4 is 10.0 Å². The highest BCUT2D eigenvalue weighted by Crippen LogP contribution is 2.34. The average Bonchev–Trinajstić information content (AvgIpc) is 2.93. The molecule has 1 aliphatic rings. The zero-order valence-corrected chi connectivity index (χ0v) is 12.9. The summed E-state index contributed by atoms with van der Waals surface area (Å²) >= 11 is 0. The molecule has 1 atom stereocenters. The van der Waals surface area contributed by atoms with Crippen molar-refractivity contribution in [3.8, 4) is 11.5 Å². The topological polar surface area (TPSA) is 64.6 Å². The first-order valence-corrected chi connectivity index (χ1v) is 8.21. The molecule has 122 valence electrons. The van der Waals surface area contributed by atoms with E-state index in [0.29, 0.717) is 23.1 Å². The third kappa shape index (κ3) is 3.27. The molecule has 0 saturated heterocycles. The molecule has 0 bridgehead atoms. The van der Waals surface area contributed by atoms with E-state index >= 15 is 0 Å². The van der Waals surface area contributed by atoms with Crippen LogP contribution in [0.5, 0.6) is 11.5 Å². The second-order valence-electron chi connectivity index (χ2n) is 5.06. The van der Waals surface area contributed by atoms with E-state index in [1.807, 2.05) is 0 Å². The van der Waals surface area contributed by atoms with Gasteiger partial charge in [0.25, 0.3) is 0 Å². The van der Waals surface area contributed by atoms with Crippen LogP contribution in [0.4, 0.5) is 8.78 Å². The number of hydrogen-bond acceptors (Lipinski definition) is 4. The Balaban J connectivity index is 1.85. The van der Waals surface area contributed by atoms with Gasteiger partial charge in [0, 0.05) is 12.1 Å². The zero-order chi connectivity index (χ0) is 16.6. The molecule has 23 heavy (non-hydrogen) atoms. The third-order valence-corrected chi connectivity index (χ3v) is 4.90. The molecule has 1 aliphatic heterocycles. The van der Waals surface area contributed by atoms with Gasteiger partial charge in [-0.1, -0.05) is 6.07 Å². The van der Waals surface area contributed by atoms with E-state index < -0.39 is 32.6 Å². The van der Waals surface area contributed by atoms with Gasteiger partial charge in [0.15, 0.2) is 11.5 Å². The van der Waals surface area contributed by atoms with Gasteiger partial charge in [-0.2, -0.15) is 0 Å². The van der Waals surface area contributed by atoms with Gasteiger partial charge in [0.05, 0.1) is 4.90 Å². The summed E-state index contributed by atoms with van der Waals surface area (Å²) in [5, 5.41) is 0. The Bertz CT molecular complexity index is 834. The summed E-state index contributed by atoms with van der Waals surface area (Å²) < 4.78 is 63.7. The molecule has 0 fully saturated rings. The lowest BCUT2D eigenvalue weighted by Gasteiger charge is -2.15. The highest BCUT2D eigenvalue weighted by molar-refractivity contribution is 7.89. The van der Waals surface area contributed by atoms with E-state index in [1.165, 1.54) is 0 Å². The molecular weight excluding hydrogens is 328 g/mol.